The maximum Gasteiger partial charge on any atom is 0.169 e. The Kier molecular flexibility index (Phi) is 3.80. The molecule has 2 aromatic rings. The molecule has 0 aliphatic rings. The number of hydrogen-bond acceptors (Lipinski definition) is 2. The summed E-state index contributed by atoms with van der Waals surface area (Å²) in [5, 5.41) is 3.34. The van der Waals surface area contributed by atoms with Gasteiger partial charge in [-0.15, -0.1) is 0 Å². The molecule has 0 saturated carbocycles. The predicted octanol–water partition coefficient (Wildman–Crippen LogP) is 3.64. The Morgan fingerprint density at radius 3 is 2.75 bits per heavy atom. The summed E-state index contributed by atoms with van der Waals surface area (Å²) in [7, 11) is 0. The van der Waals surface area contributed by atoms with E-state index in [1.54, 1.807) is 0 Å². The Morgan fingerprint density at radius 1 is 1.19 bits per heavy atom. The van der Waals surface area contributed by atoms with E-state index in [-0.39, 0.29) is 0 Å². The molecule has 0 radical (unpaired) electrons. The van der Waals surface area contributed by atoms with Crippen molar-refractivity contribution in [3.05, 3.63) is 58.0 Å². The first-order chi connectivity index (χ1) is 7.74. The molecule has 1 heterocycles. The Labute approximate surface area is 104 Å². The van der Waals surface area contributed by atoms with Crippen LogP contribution in [0.3, 0.4) is 0 Å². The number of hydrogen-bond donors (Lipinski definition) is 1. The fourth-order valence-electron chi connectivity index (χ4n) is 1.60. The number of rotatable bonds is 4. The minimum atomic E-state index is 0.750. The average molecular weight is 280 g/mol. The highest BCUT2D eigenvalue weighted by atomic mass is 79.9. The van der Waals surface area contributed by atoms with E-state index >= 15 is 0 Å². The molecular formula is C13H14BrNO. The summed E-state index contributed by atoms with van der Waals surface area (Å²) in [6.45, 7) is 3.71. The van der Waals surface area contributed by atoms with Crippen molar-refractivity contribution in [2.24, 2.45) is 0 Å². The zero-order valence-electron chi connectivity index (χ0n) is 9.16. The van der Waals surface area contributed by atoms with Crippen LogP contribution in [0.5, 0.6) is 0 Å². The van der Waals surface area contributed by atoms with E-state index in [0.29, 0.717) is 0 Å². The highest BCUT2D eigenvalue weighted by molar-refractivity contribution is 9.10. The topological polar surface area (TPSA) is 25.2 Å². The highest BCUT2D eigenvalue weighted by Gasteiger charge is 1.99. The second-order valence-corrected chi connectivity index (χ2v) is 4.58. The monoisotopic (exact) mass is 279 g/mol. The first kappa shape index (κ1) is 11.4. The summed E-state index contributed by atoms with van der Waals surface area (Å²) in [5.41, 5.74) is 2.59. The quantitative estimate of drug-likeness (QED) is 0.925. The second kappa shape index (κ2) is 5.32. The van der Waals surface area contributed by atoms with E-state index in [1.165, 1.54) is 11.1 Å². The van der Waals surface area contributed by atoms with E-state index in [2.05, 4.69) is 52.4 Å². The fraction of sp³-hybridized carbons (Fsp3) is 0.231. The van der Waals surface area contributed by atoms with Gasteiger partial charge in [0, 0.05) is 6.54 Å². The summed E-state index contributed by atoms with van der Waals surface area (Å²) >= 11 is 3.28. The maximum absolute atomic E-state index is 5.40. The molecule has 2 rings (SSSR count). The zero-order chi connectivity index (χ0) is 11.4. The smallest absolute Gasteiger partial charge is 0.169 e. The van der Waals surface area contributed by atoms with Gasteiger partial charge in [0.25, 0.3) is 0 Å². The predicted molar refractivity (Wildman–Crippen MR) is 68.1 cm³/mol. The Balaban J connectivity index is 1.84. The molecule has 2 nitrogen and oxygen atoms in total. The van der Waals surface area contributed by atoms with Crippen LogP contribution in [0.1, 0.15) is 16.9 Å². The van der Waals surface area contributed by atoms with Gasteiger partial charge < -0.3 is 9.73 Å². The minimum absolute atomic E-state index is 0.750. The van der Waals surface area contributed by atoms with E-state index < -0.39 is 0 Å². The molecule has 0 amide bonds. The largest absolute Gasteiger partial charge is 0.453 e. The van der Waals surface area contributed by atoms with Gasteiger partial charge in [0.15, 0.2) is 4.67 Å². The van der Waals surface area contributed by atoms with Gasteiger partial charge >= 0.3 is 0 Å². The molecular weight excluding hydrogens is 266 g/mol. The maximum atomic E-state index is 5.40. The van der Waals surface area contributed by atoms with Crippen LogP contribution in [0.25, 0.3) is 0 Å². The Morgan fingerprint density at radius 2 is 2.06 bits per heavy atom. The third-order valence-corrected chi connectivity index (χ3v) is 2.77. The van der Waals surface area contributed by atoms with Crippen molar-refractivity contribution in [2.45, 2.75) is 20.0 Å². The van der Waals surface area contributed by atoms with Gasteiger partial charge in [-0.3, -0.25) is 0 Å². The summed E-state index contributed by atoms with van der Waals surface area (Å²) in [6, 6.07) is 12.4. The van der Waals surface area contributed by atoms with Crippen LogP contribution in [0, 0.1) is 6.92 Å². The molecule has 84 valence electrons. The van der Waals surface area contributed by atoms with Gasteiger partial charge in [-0.05, 0) is 40.5 Å². The summed E-state index contributed by atoms with van der Waals surface area (Å²) in [6.07, 6.45) is 0. The van der Waals surface area contributed by atoms with Crippen molar-refractivity contribution in [2.75, 3.05) is 0 Å². The summed E-state index contributed by atoms with van der Waals surface area (Å²) < 4.78 is 6.18. The summed E-state index contributed by atoms with van der Waals surface area (Å²) in [5.74, 6) is 0.944. The average Bonchev–Trinajstić information content (AvgIpc) is 2.64. The molecule has 1 aromatic heterocycles. The normalized spacial score (nSPS) is 10.6. The fourth-order valence-corrected chi connectivity index (χ4v) is 1.94. The van der Waals surface area contributed by atoms with Gasteiger partial charge in [-0.25, -0.2) is 0 Å². The van der Waals surface area contributed by atoms with Crippen LogP contribution in [-0.4, -0.2) is 0 Å². The van der Waals surface area contributed by atoms with Crippen molar-refractivity contribution in [1.82, 2.24) is 5.32 Å². The molecule has 0 unspecified atom stereocenters. The second-order valence-electron chi connectivity index (χ2n) is 3.80. The first-order valence-electron chi connectivity index (χ1n) is 5.24. The molecule has 1 N–H and O–H groups in total. The van der Waals surface area contributed by atoms with Crippen molar-refractivity contribution in [3.63, 3.8) is 0 Å². The lowest BCUT2D eigenvalue weighted by Gasteiger charge is -2.03. The standard InChI is InChI=1S/C13H14BrNO/c1-10-3-2-4-11(7-10)8-15-9-12-5-6-13(14)16-12/h2-7,15H,8-9H2,1H3. The van der Waals surface area contributed by atoms with E-state index in [4.69, 9.17) is 4.42 Å². The Hall–Kier alpha value is -1.06. The van der Waals surface area contributed by atoms with Crippen LogP contribution >= 0.6 is 15.9 Å². The number of nitrogens with one attached hydrogen (secondary N) is 1. The molecule has 0 atom stereocenters. The molecule has 0 saturated heterocycles. The molecule has 0 aliphatic carbocycles. The third-order valence-electron chi connectivity index (χ3n) is 2.34. The van der Waals surface area contributed by atoms with Crippen LogP contribution in [-0.2, 0) is 13.1 Å². The molecule has 3 heteroatoms. The molecule has 0 spiro atoms. The molecule has 16 heavy (non-hydrogen) atoms. The van der Waals surface area contributed by atoms with Crippen LogP contribution in [0.2, 0.25) is 0 Å². The van der Waals surface area contributed by atoms with E-state index in [9.17, 15) is 0 Å². The van der Waals surface area contributed by atoms with Gasteiger partial charge in [-0.1, -0.05) is 29.8 Å². The number of furan rings is 1. The van der Waals surface area contributed by atoms with Gasteiger partial charge in [0.2, 0.25) is 0 Å². The van der Waals surface area contributed by atoms with Crippen molar-refractivity contribution in [1.29, 1.82) is 0 Å². The van der Waals surface area contributed by atoms with E-state index in [0.717, 1.165) is 23.5 Å². The lowest BCUT2D eigenvalue weighted by Crippen LogP contribution is -2.12. The zero-order valence-corrected chi connectivity index (χ0v) is 10.8. The lowest BCUT2D eigenvalue weighted by atomic mass is 10.1. The molecule has 0 fully saturated rings. The van der Waals surface area contributed by atoms with Crippen molar-refractivity contribution < 1.29 is 4.42 Å². The Bertz CT molecular complexity index is 464. The molecule has 0 aliphatic heterocycles. The highest BCUT2D eigenvalue weighted by Crippen LogP contribution is 2.13. The SMILES string of the molecule is Cc1cccc(CNCc2ccc(Br)o2)c1. The number of benzene rings is 1. The van der Waals surface area contributed by atoms with Crippen LogP contribution in [0.4, 0.5) is 0 Å². The van der Waals surface area contributed by atoms with Crippen LogP contribution < -0.4 is 5.32 Å². The molecule has 0 bridgehead atoms. The first-order valence-corrected chi connectivity index (χ1v) is 6.04. The van der Waals surface area contributed by atoms with Crippen molar-refractivity contribution in [3.8, 4) is 0 Å². The molecule has 1 aromatic carbocycles. The van der Waals surface area contributed by atoms with Crippen molar-refractivity contribution >= 4 is 15.9 Å². The van der Waals surface area contributed by atoms with Gasteiger partial charge in [0.1, 0.15) is 5.76 Å². The summed E-state index contributed by atoms with van der Waals surface area (Å²) in [4.78, 5) is 0. The van der Waals surface area contributed by atoms with Crippen LogP contribution in [0.15, 0.2) is 45.5 Å². The lowest BCUT2D eigenvalue weighted by molar-refractivity contribution is 0.465. The minimum Gasteiger partial charge on any atom is -0.453 e. The van der Waals surface area contributed by atoms with Gasteiger partial charge in [0.05, 0.1) is 6.54 Å². The third kappa shape index (κ3) is 3.22. The van der Waals surface area contributed by atoms with Gasteiger partial charge in [-0.2, -0.15) is 0 Å². The number of aryl methyl sites for hydroxylation is 1. The van der Waals surface area contributed by atoms with E-state index in [1.807, 2.05) is 12.1 Å². The number of halogens is 1.